The van der Waals surface area contributed by atoms with E-state index in [1.807, 2.05) is 12.1 Å². The number of hydrogen-bond acceptors (Lipinski definition) is 3. The van der Waals surface area contributed by atoms with Gasteiger partial charge in [-0.1, -0.05) is 23.7 Å². The van der Waals surface area contributed by atoms with E-state index in [0.717, 1.165) is 5.56 Å². The van der Waals surface area contributed by atoms with Crippen LogP contribution in [0.1, 0.15) is 18.1 Å². The highest BCUT2D eigenvalue weighted by atomic mass is 35.5. The van der Waals surface area contributed by atoms with E-state index in [1.165, 1.54) is 0 Å². The van der Waals surface area contributed by atoms with E-state index in [0.29, 0.717) is 18.1 Å². The molecule has 1 aliphatic heterocycles. The maximum absolute atomic E-state index is 10.8. The number of halogens is 1. The van der Waals surface area contributed by atoms with Crippen LogP contribution in [0.15, 0.2) is 24.3 Å². The Kier molecular flexibility index (Phi) is 3.73. The van der Waals surface area contributed by atoms with Gasteiger partial charge in [0, 0.05) is 10.9 Å². The van der Waals surface area contributed by atoms with Gasteiger partial charge >= 0.3 is 0 Å². The SMILES string of the molecule is O=S(=O)(O)CC1COC(c2ccc(Cl)cc2)C1. The molecule has 1 N–H and O–H groups in total. The smallest absolute Gasteiger partial charge is 0.265 e. The highest BCUT2D eigenvalue weighted by molar-refractivity contribution is 7.85. The van der Waals surface area contributed by atoms with Crippen molar-refractivity contribution in [2.45, 2.75) is 12.5 Å². The lowest BCUT2D eigenvalue weighted by Crippen LogP contribution is -2.15. The van der Waals surface area contributed by atoms with Gasteiger partial charge in [0.15, 0.2) is 0 Å². The minimum atomic E-state index is -3.92. The lowest BCUT2D eigenvalue weighted by Gasteiger charge is -2.09. The van der Waals surface area contributed by atoms with Crippen LogP contribution in [-0.4, -0.2) is 25.3 Å². The first-order valence-corrected chi connectivity index (χ1v) is 7.25. The fraction of sp³-hybridized carbons (Fsp3) is 0.455. The van der Waals surface area contributed by atoms with Crippen LogP contribution in [0.2, 0.25) is 5.02 Å². The van der Waals surface area contributed by atoms with Gasteiger partial charge in [-0.2, -0.15) is 8.42 Å². The number of benzene rings is 1. The molecule has 0 radical (unpaired) electrons. The highest BCUT2D eigenvalue weighted by Crippen LogP contribution is 2.33. The molecular formula is C11H13ClO4S. The van der Waals surface area contributed by atoms with Crippen LogP contribution < -0.4 is 0 Å². The quantitative estimate of drug-likeness (QED) is 0.861. The minimum absolute atomic E-state index is 0.112. The standard InChI is InChI=1S/C11H13ClO4S/c12-10-3-1-9(2-4-10)11-5-8(6-16-11)7-17(13,14)15/h1-4,8,11H,5-7H2,(H,13,14,15). The van der Waals surface area contributed by atoms with E-state index in [-0.39, 0.29) is 17.8 Å². The third kappa shape index (κ3) is 3.67. The largest absolute Gasteiger partial charge is 0.373 e. The van der Waals surface area contributed by atoms with Crippen LogP contribution in [0.5, 0.6) is 0 Å². The molecule has 6 heteroatoms. The van der Waals surface area contributed by atoms with Gasteiger partial charge < -0.3 is 4.74 Å². The Morgan fingerprint density at radius 2 is 2.00 bits per heavy atom. The Labute approximate surface area is 105 Å². The molecule has 0 aliphatic carbocycles. The number of rotatable bonds is 3. The van der Waals surface area contributed by atoms with Crippen molar-refractivity contribution in [2.24, 2.45) is 5.92 Å². The van der Waals surface area contributed by atoms with Crippen molar-refractivity contribution in [1.29, 1.82) is 0 Å². The van der Waals surface area contributed by atoms with Crippen LogP contribution in [0, 0.1) is 5.92 Å². The molecule has 2 atom stereocenters. The van der Waals surface area contributed by atoms with Gasteiger partial charge in [0.1, 0.15) is 0 Å². The van der Waals surface area contributed by atoms with Gasteiger partial charge in [-0.3, -0.25) is 4.55 Å². The lowest BCUT2D eigenvalue weighted by atomic mass is 10.0. The fourth-order valence-electron chi connectivity index (χ4n) is 2.01. The Bertz CT molecular complexity index is 483. The summed E-state index contributed by atoms with van der Waals surface area (Å²) in [5, 5.41) is 0.654. The van der Waals surface area contributed by atoms with E-state index in [4.69, 9.17) is 20.9 Å². The molecule has 1 heterocycles. The van der Waals surface area contributed by atoms with Crippen LogP contribution in [0.4, 0.5) is 0 Å². The summed E-state index contributed by atoms with van der Waals surface area (Å²) in [5.74, 6) is -0.387. The number of hydrogen-bond donors (Lipinski definition) is 1. The van der Waals surface area contributed by atoms with Crippen molar-refractivity contribution in [3.63, 3.8) is 0 Å². The van der Waals surface area contributed by atoms with Crippen molar-refractivity contribution in [2.75, 3.05) is 12.4 Å². The zero-order valence-electron chi connectivity index (χ0n) is 9.04. The summed E-state index contributed by atoms with van der Waals surface area (Å²) in [6.07, 6.45) is 0.487. The predicted molar refractivity (Wildman–Crippen MR) is 64.7 cm³/mol. The van der Waals surface area contributed by atoms with Crippen LogP contribution in [0.25, 0.3) is 0 Å². The Morgan fingerprint density at radius 3 is 2.59 bits per heavy atom. The molecular weight excluding hydrogens is 264 g/mol. The van der Waals surface area contributed by atoms with E-state index in [1.54, 1.807) is 12.1 Å². The molecule has 0 aromatic heterocycles. The van der Waals surface area contributed by atoms with Crippen LogP contribution in [-0.2, 0) is 14.9 Å². The van der Waals surface area contributed by atoms with Crippen molar-refractivity contribution in [3.05, 3.63) is 34.9 Å². The molecule has 1 aliphatic rings. The van der Waals surface area contributed by atoms with Crippen molar-refractivity contribution in [1.82, 2.24) is 0 Å². The molecule has 1 aromatic rings. The predicted octanol–water partition coefficient (Wildman–Crippen LogP) is 2.31. The molecule has 1 saturated heterocycles. The average Bonchev–Trinajstić information content (AvgIpc) is 2.64. The maximum atomic E-state index is 10.8. The lowest BCUT2D eigenvalue weighted by molar-refractivity contribution is 0.108. The monoisotopic (exact) mass is 276 g/mol. The molecule has 0 amide bonds. The van der Waals surface area contributed by atoms with Crippen molar-refractivity contribution >= 4 is 21.7 Å². The van der Waals surface area contributed by atoms with E-state index in [2.05, 4.69) is 0 Å². The fourth-order valence-corrected chi connectivity index (χ4v) is 2.97. The Morgan fingerprint density at radius 1 is 1.35 bits per heavy atom. The summed E-state index contributed by atoms with van der Waals surface area (Å²) in [5.41, 5.74) is 0.979. The molecule has 1 fully saturated rings. The molecule has 0 saturated carbocycles. The average molecular weight is 277 g/mol. The topological polar surface area (TPSA) is 63.6 Å². The summed E-state index contributed by atoms with van der Waals surface area (Å²) in [7, 11) is -3.92. The van der Waals surface area contributed by atoms with E-state index < -0.39 is 10.1 Å². The summed E-state index contributed by atoms with van der Waals surface area (Å²) in [4.78, 5) is 0. The maximum Gasteiger partial charge on any atom is 0.265 e. The zero-order valence-corrected chi connectivity index (χ0v) is 10.6. The first kappa shape index (κ1) is 12.8. The van der Waals surface area contributed by atoms with Crippen molar-refractivity contribution < 1.29 is 17.7 Å². The normalized spacial score (nSPS) is 25.1. The summed E-state index contributed by atoms with van der Waals surface area (Å²) in [6.45, 7) is 0.354. The third-order valence-corrected chi connectivity index (χ3v) is 3.91. The molecule has 4 nitrogen and oxygen atoms in total. The van der Waals surface area contributed by atoms with Gasteiger partial charge in [0.05, 0.1) is 18.5 Å². The second-order valence-electron chi connectivity index (χ2n) is 4.22. The van der Waals surface area contributed by atoms with Gasteiger partial charge in [0.25, 0.3) is 10.1 Å². The van der Waals surface area contributed by atoms with Gasteiger partial charge in [-0.25, -0.2) is 0 Å². The van der Waals surface area contributed by atoms with Gasteiger partial charge in [-0.05, 0) is 24.1 Å². The Balaban J connectivity index is 2.00. The summed E-state index contributed by atoms with van der Waals surface area (Å²) >= 11 is 5.78. The molecule has 1 aromatic carbocycles. The highest BCUT2D eigenvalue weighted by Gasteiger charge is 2.29. The number of ether oxygens (including phenoxy) is 1. The van der Waals surface area contributed by atoms with E-state index in [9.17, 15) is 8.42 Å². The molecule has 17 heavy (non-hydrogen) atoms. The third-order valence-electron chi connectivity index (χ3n) is 2.77. The van der Waals surface area contributed by atoms with Gasteiger partial charge in [0.2, 0.25) is 0 Å². The summed E-state index contributed by atoms with van der Waals surface area (Å²) < 4.78 is 35.8. The first-order valence-electron chi connectivity index (χ1n) is 5.26. The molecule has 0 bridgehead atoms. The Hall–Kier alpha value is -0.620. The molecule has 2 unspecified atom stereocenters. The van der Waals surface area contributed by atoms with E-state index >= 15 is 0 Å². The molecule has 94 valence electrons. The molecule has 0 spiro atoms. The van der Waals surface area contributed by atoms with Crippen LogP contribution >= 0.6 is 11.6 Å². The minimum Gasteiger partial charge on any atom is -0.373 e. The van der Waals surface area contributed by atoms with Gasteiger partial charge in [-0.15, -0.1) is 0 Å². The first-order chi connectivity index (χ1) is 7.94. The molecule has 2 rings (SSSR count). The second-order valence-corrected chi connectivity index (χ2v) is 6.16. The zero-order chi connectivity index (χ0) is 12.5. The summed E-state index contributed by atoms with van der Waals surface area (Å²) in [6, 6.07) is 7.28. The van der Waals surface area contributed by atoms with Crippen molar-refractivity contribution in [3.8, 4) is 0 Å². The van der Waals surface area contributed by atoms with Crippen LogP contribution in [0.3, 0.4) is 0 Å². The second kappa shape index (κ2) is 4.94.